The number of Topliss-reactive ketones (excluding diaryl/α,β-unsaturated/α-hetero) is 1. The fraction of sp³-hybridized carbons (Fsp3) is 0.368. The Bertz CT molecular complexity index is 911. The van der Waals surface area contributed by atoms with E-state index in [0.717, 1.165) is 48.0 Å². The molecule has 1 aromatic carbocycles. The van der Waals surface area contributed by atoms with Gasteiger partial charge in [0.05, 0.1) is 18.1 Å². The largest absolute Gasteiger partial charge is 0.316 e. The summed E-state index contributed by atoms with van der Waals surface area (Å²) in [5.74, 6) is 0.927. The van der Waals surface area contributed by atoms with E-state index in [2.05, 4.69) is 20.4 Å². The van der Waals surface area contributed by atoms with Crippen molar-refractivity contribution in [2.75, 3.05) is 13.1 Å². The van der Waals surface area contributed by atoms with Gasteiger partial charge in [0.25, 0.3) is 0 Å². The van der Waals surface area contributed by atoms with Gasteiger partial charge in [-0.25, -0.2) is 9.97 Å². The zero-order valence-electron chi connectivity index (χ0n) is 14.3. The lowest BCUT2D eigenvalue weighted by molar-refractivity contribution is -0.122. The maximum Gasteiger partial charge on any atom is 0.144 e. The smallest absolute Gasteiger partial charge is 0.144 e. The Morgan fingerprint density at radius 2 is 2.24 bits per heavy atom. The molecule has 6 nitrogen and oxygen atoms in total. The lowest BCUT2D eigenvalue weighted by atomic mass is 9.93. The molecule has 1 saturated heterocycles. The van der Waals surface area contributed by atoms with Crippen molar-refractivity contribution in [1.82, 2.24) is 25.1 Å². The van der Waals surface area contributed by atoms with Crippen molar-refractivity contribution in [3.05, 3.63) is 42.6 Å². The van der Waals surface area contributed by atoms with E-state index in [0.29, 0.717) is 12.2 Å². The first-order chi connectivity index (χ1) is 12.2. The minimum atomic E-state index is 0.0924. The van der Waals surface area contributed by atoms with E-state index in [9.17, 15) is 4.79 Å². The van der Waals surface area contributed by atoms with Gasteiger partial charge in [-0.2, -0.15) is 5.10 Å². The van der Waals surface area contributed by atoms with Crippen LogP contribution >= 0.6 is 0 Å². The van der Waals surface area contributed by atoms with Gasteiger partial charge in [0.15, 0.2) is 0 Å². The molecule has 0 saturated carbocycles. The van der Waals surface area contributed by atoms with Crippen LogP contribution in [-0.2, 0) is 18.3 Å². The number of aromatic nitrogens is 4. The summed E-state index contributed by atoms with van der Waals surface area (Å²) < 4.78 is 1.78. The number of aryl methyl sites for hydroxylation is 1. The molecule has 1 N–H and O–H groups in total. The van der Waals surface area contributed by atoms with Crippen molar-refractivity contribution in [1.29, 1.82) is 0 Å². The van der Waals surface area contributed by atoms with Crippen LogP contribution in [0.25, 0.3) is 22.0 Å². The maximum absolute atomic E-state index is 12.5. The maximum atomic E-state index is 12.5. The van der Waals surface area contributed by atoms with E-state index in [1.54, 1.807) is 10.9 Å². The highest BCUT2D eigenvalue weighted by molar-refractivity contribution is 5.85. The zero-order valence-corrected chi connectivity index (χ0v) is 14.3. The molecule has 25 heavy (non-hydrogen) atoms. The Morgan fingerprint density at radius 1 is 1.32 bits per heavy atom. The molecule has 1 fully saturated rings. The second kappa shape index (κ2) is 6.72. The fourth-order valence-electron chi connectivity index (χ4n) is 3.32. The van der Waals surface area contributed by atoms with Gasteiger partial charge < -0.3 is 5.32 Å². The lowest BCUT2D eigenvalue weighted by Crippen LogP contribution is -2.35. The molecule has 2 aromatic heterocycles. The van der Waals surface area contributed by atoms with Gasteiger partial charge in [0, 0.05) is 42.9 Å². The van der Waals surface area contributed by atoms with Crippen molar-refractivity contribution in [2.45, 2.75) is 19.3 Å². The number of rotatable bonds is 4. The number of nitrogens with zero attached hydrogens (tertiary/aromatic N) is 4. The van der Waals surface area contributed by atoms with E-state index in [-0.39, 0.29) is 11.7 Å². The van der Waals surface area contributed by atoms with Crippen molar-refractivity contribution >= 4 is 16.7 Å². The third kappa shape index (κ3) is 3.44. The molecule has 0 radical (unpaired) electrons. The summed E-state index contributed by atoms with van der Waals surface area (Å²) in [6.07, 6.45) is 7.94. The first kappa shape index (κ1) is 15.9. The van der Waals surface area contributed by atoms with E-state index in [4.69, 9.17) is 0 Å². The van der Waals surface area contributed by atoms with Crippen LogP contribution in [0.3, 0.4) is 0 Å². The fourth-order valence-corrected chi connectivity index (χ4v) is 3.32. The SMILES string of the molecule is Cn1cc(-c2ccc3cnc(CC(=O)[C@H]4CCCNC4)nc3c2)cn1. The Morgan fingerprint density at radius 3 is 3.00 bits per heavy atom. The molecule has 128 valence electrons. The zero-order chi connectivity index (χ0) is 17.2. The van der Waals surface area contributed by atoms with Crippen molar-refractivity contribution in [3.8, 4) is 11.1 Å². The van der Waals surface area contributed by atoms with Crippen LogP contribution in [0, 0.1) is 5.92 Å². The van der Waals surface area contributed by atoms with Gasteiger partial charge in [-0.15, -0.1) is 0 Å². The molecule has 0 bridgehead atoms. The molecular formula is C19H21N5O. The first-order valence-corrected chi connectivity index (χ1v) is 8.67. The minimum absolute atomic E-state index is 0.0924. The monoisotopic (exact) mass is 335 g/mol. The average molecular weight is 335 g/mol. The summed E-state index contributed by atoms with van der Waals surface area (Å²) >= 11 is 0. The number of carbonyl (C=O) groups excluding carboxylic acids is 1. The second-order valence-corrected chi connectivity index (χ2v) is 6.65. The molecule has 3 heterocycles. The third-order valence-electron chi connectivity index (χ3n) is 4.76. The highest BCUT2D eigenvalue weighted by Gasteiger charge is 2.21. The Hall–Kier alpha value is -2.60. The van der Waals surface area contributed by atoms with Crippen LogP contribution in [0.2, 0.25) is 0 Å². The van der Waals surface area contributed by atoms with Crippen LogP contribution in [0.4, 0.5) is 0 Å². The average Bonchev–Trinajstić information content (AvgIpc) is 3.08. The Kier molecular flexibility index (Phi) is 4.28. The van der Waals surface area contributed by atoms with Gasteiger partial charge >= 0.3 is 0 Å². The molecule has 1 aliphatic rings. The Labute approximate surface area is 146 Å². The molecule has 0 amide bonds. The number of carbonyl (C=O) groups is 1. The van der Waals surface area contributed by atoms with Crippen molar-refractivity contribution < 1.29 is 4.79 Å². The highest BCUT2D eigenvalue weighted by atomic mass is 16.1. The van der Waals surface area contributed by atoms with Gasteiger partial charge in [0.2, 0.25) is 0 Å². The number of ketones is 1. The normalized spacial score (nSPS) is 17.7. The van der Waals surface area contributed by atoms with Crippen molar-refractivity contribution in [3.63, 3.8) is 0 Å². The molecular weight excluding hydrogens is 314 g/mol. The number of piperidine rings is 1. The quantitative estimate of drug-likeness (QED) is 0.791. The van der Waals surface area contributed by atoms with Crippen LogP contribution in [-0.4, -0.2) is 38.6 Å². The predicted octanol–water partition coefficient (Wildman–Crippen LogP) is 2.14. The lowest BCUT2D eigenvalue weighted by Gasteiger charge is -2.21. The van der Waals surface area contributed by atoms with Crippen LogP contribution in [0.5, 0.6) is 0 Å². The molecule has 0 aliphatic carbocycles. The molecule has 4 rings (SSSR count). The Balaban J connectivity index is 1.59. The summed E-state index contributed by atoms with van der Waals surface area (Å²) in [7, 11) is 1.90. The standard InChI is InChI=1S/C19H21N5O/c1-24-12-16(11-22-24)13-4-5-14-10-21-19(23-17(14)7-13)8-18(25)15-3-2-6-20-9-15/h4-5,7,10-12,15,20H,2-3,6,8-9H2,1H3/t15-/m0/s1. The van der Waals surface area contributed by atoms with Crippen molar-refractivity contribution in [2.24, 2.45) is 13.0 Å². The molecule has 3 aromatic rings. The van der Waals surface area contributed by atoms with Crippen LogP contribution in [0.1, 0.15) is 18.7 Å². The topological polar surface area (TPSA) is 72.7 Å². The number of hydrogen-bond acceptors (Lipinski definition) is 5. The summed E-state index contributed by atoms with van der Waals surface area (Å²) in [5, 5.41) is 8.48. The second-order valence-electron chi connectivity index (χ2n) is 6.65. The minimum Gasteiger partial charge on any atom is -0.316 e. The molecule has 0 spiro atoms. The third-order valence-corrected chi connectivity index (χ3v) is 4.76. The number of fused-ring (bicyclic) bond motifs is 1. The van der Waals surface area contributed by atoms with Gasteiger partial charge in [-0.1, -0.05) is 12.1 Å². The number of hydrogen-bond donors (Lipinski definition) is 1. The summed E-state index contributed by atoms with van der Waals surface area (Å²) in [6, 6.07) is 6.08. The first-order valence-electron chi connectivity index (χ1n) is 8.67. The molecule has 0 unspecified atom stereocenters. The summed E-state index contributed by atoms with van der Waals surface area (Å²) in [5.41, 5.74) is 2.97. The number of benzene rings is 1. The summed E-state index contributed by atoms with van der Waals surface area (Å²) in [6.45, 7) is 1.78. The summed E-state index contributed by atoms with van der Waals surface area (Å²) in [4.78, 5) is 21.5. The van der Waals surface area contributed by atoms with Crippen LogP contribution in [0.15, 0.2) is 36.8 Å². The van der Waals surface area contributed by atoms with E-state index in [1.165, 1.54) is 0 Å². The molecule has 6 heteroatoms. The number of nitrogens with one attached hydrogen (secondary N) is 1. The van der Waals surface area contributed by atoms with E-state index >= 15 is 0 Å². The predicted molar refractivity (Wildman–Crippen MR) is 96.0 cm³/mol. The van der Waals surface area contributed by atoms with E-state index in [1.807, 2.05) is 37.6 Å². The molecule has 1 aliphatic heterocycles. The highest BCUT2D eigenvalue weighted by Crippen LogP contribution is 2.23. The van der Waals surface area contributed by atoms with Gasteiger partial charge in [-0.3, -0.25) is 9.48 Å². The molecule has 1 atom stereocenters. The van der Waals surface area contributed by atoms with Gasteiger partial charge in [0.1, 0.15) is 11.6 Å². The van der Waals surface area contributed by atoms with E-state index < -0.39 is 0 Å². The van der Waals surface area contributed by atoms with Gasteiger partial charge in [-0.05, 0) is 31.0 Å². The van der Waals surface area contributed by atoms with Crippen LogP contribution < -0.4 is 5.32 Å².